The summed E-state index contributed by atoms with van der Waals surface area (Å²) in [6.45, 7) is 7.85. The molecule has 1 fully saturated rings. The number of fused-ring (bicyclic) bond motifs is 3. The van der Waals surface area contributed by atoms with Gasteiger partial charge in [0.15, 0.2) is 5.69 Å². The van der Waals surface area contributed by atoms with Gasteiger partial charge >= 0.3 is 0 Å². The molecule has 174 valence electrons. The summed E-state index contributed by atoms with van der Waals surface area (Å²) in [7, 11) is 1.67. The number of aromatic nitrogens is 2. The van der Waals surface area contributed by atoms with Crippen LogP contribution >= 0.6 is 11.3 Å². The number of hydrogen-bond donors (Lipinski definition) is 1. The lowest BCUT2D eigenvalue weighted by atomic mass is 9.95. The molecule has 1 N–H and O–H groups in total. The lowest BCUT2D eigenvalue weighted by Crippen LogP contribution is -2.33. The van der Waals surface area contributed by atoms with Crippen molar-refractivity contribution in [1.29, 1.82) is 0 Å². The molecule has 1 amide bonds. The van der Waals surface area contributed by atoms with Crippen LogP contribution in [-0.2, 0) is 11.3 Å². The molecule has 8 heteroatoms. The molecule has 0 aliphatic carbocycles. The Kier molecular flexibility index (Phi) is 5.66. The van der Waals surface area contributed by atoms with Crippen molar-refractivity contribution in [2.24, 2.45) is 5.41 Å². The van der Waals surface area contributed by atoms with E-state index >= 15 is 0 Å². The van der Waals surface area contributed by atoms with Gasteiger partial charge < -0.3 is 19.5 Å². The van der Waals surface area contributed by atoms with Crippen LogP contribution in [0.5, 0.6) is 11.5 Å². The minimum atomic E-state index is -0.185. The number of hydrogen-bond acceptors (Lipinski definition) is 6. The summed E-state index contributed by atoms with van der Waals surface area (Å²) in [5, 5.41) is 11.9. The highest BCUT2D eigenvalue weighted by molar-refractivity contribution is 7.08. The Hall–Kier alpha value is -2.84. The van der Waals surface area contributed by atoms with Gasteiger partial charge in [0, 0.05) is 41.3 Å². The van der Waals surface area contributed by atoms with Gasteiger partial charge in [-0.15, -0.1) is 0 Å². The molecular formula is C25H29N3O4S. The Morgan fingerprint density at radius 2 is 2.21 bits per heavy atom. The molecule has 2 aromatic heterocycles. The largest absolute Gasteiger partial charge is 0.496 e. The Labute approximate surface area is 197 Å². The van der Waals surface area contributed by atoms with Crippen LogP contribution in [0.15, 0.2) is 29.0 Å². The van der Waals surface area contributed by atoms with E-state index in [2.05, 4.69) is 32.2 Å². The highest BCUT2D eigenvalue weighted by Gasteiger charge is 2.33. The van der Waals surface area contributed by atoms with Gasteiger partial charge in [0.1, 0.15) is 18.1 Å². The normalized spacial score (nSPS) is 17.3. The van der Waals surface area contributed by atoms with E-state index in [0.29, 0.717) is 12.2 Å². The highest BCUT2D eigenvalue weighted by Crippen LogP contribution is 2.46. The van der Waals surface area contributed by atoms with Gasteiger partial charge in [-0.3, -0.25) is 4.79 Å². The van der Waals surface area contributed by atoms with E-state index in [9.17, 15) is 4.79 Å². The number of nitrogens with zero attached hydrogens (tertiary/aromatic N) is 2. The minimum absolute atomic E-state index is 0.0114. The average molecular weight is 468 g/mol. The first-order valence-corrected chi connectivity index (χ1v) is 12.2. The number of ether oxygens (including phenoxy) is 3. The quantitative estimate of drug-likeness (QED) is 0.563. The number of rotatable bonds is 5. The monoisotopic (exact) mass is 467 g/mol. The van der Waals surface area contributed by atoms with Crippen molar-refractivity contribution in [2.75, 3.05) is 20.3 Å². The third-order valence-electron chi connectivity index (χ3n) is 5.96. The summed E-state index contributed by atoms with van der Waals surface area (Å²) < 4.78 is 19.6. The third-order valence-corrected chi connectivity index (χ3v) is 6.63. The molecule has 3 aromatic rings. The molecule has 33 heavy (non-hydrogen) atoms. The SMILES string of the molecule is COc1cc2c(cc1C1CCCO1)-c1c(c(C(=O)NCC(C)(C)C)nn1-c1ccsc1)CO2. The lowest BCUT2D eigenvalue weighted by Gasteiger charge is -2.23. The summed E-state index contributed by atoms with van der Waals surface area (Å²) in [5.74, 6) is 1.29. The molecule has 2 aliphatic heterocycles. The fraction of sp³-hybridized carbons (Fsp3) is 0.440. The molecule has 4 heterocycles. The summed E-state index contributed by atoms with van der Waals surface area (Å²) >= 11 is 1.59. The maximum Gasteiger partial charge on any atom is 0.272 e. The van der Waals surface area contributed by atoms with E-state index in [1.807, 2.05) is 27.6 Å². The first kappa shape index (κ1) is 22.0. The Balaban J connectivity index is 1.65. The molecule has 2 aliphatic rings. The summed E-state index contributed by atoms with van der Waals surface area (Å²) in [5.41, 5.74) is 4.88. The van der Waals surface area contributed by atoms with Crippen LogP contribution in [0.2, 0.25) is 0 Å². The standard InChI is InChI=1S/C25H29N3O4S/c1-25(2,3)14-26-24(29)22-18-12-32-21-11-20(30-4)16(19-6-5-8-31-19)10-17(21)23(18)28(27-22)15-7-9-33-13-15/h7,9-11,13,19H,5-6,8,12,14H2,1-4H3,(H,26,29). The second-order valence-electron chi connectivity index (χ2n) is 9.69. The van der Waals surface area contributed by atoms with E-state index in [1.165, 1.54) is 0 Å². The smallest absolute Gasteiger partial charge is 0.272 e. The summed E-state index contributed by atoms with van der Waals surface area (Å²) in [6, 6.07) is 6.03. The zero-order chi connectivity index (χ0) is 23.2. The van der Waals surface area contributed by atoms with Crippen molar-refractivity contribution in [2.45, 2.75) is 46.3 Å². The van der Waals surface area contributed by atoms with E-state index in [4.69, 9.17) is 19.3 Å². The van der Waals surface area contributed by atoms with Crippen molar-refractivity contribution >= 4 is 17.2 Å². The molecule has 0 spiro atoms. The van der Waals surface area contributed by atoms with Crippen molar-refractivity contribution in [3.8, 4) is 28.4 Å². The molecule has 7 nitrogen and oxygen atoms in total. The van der Waals surface area contributed by atoms with Gasteiger partial charge in [-0.1, -0.05) is 20.8 Å². The minimum Gasteiger partial charge on any atom is -0.496 e. The van der Waals surface area contributed by atoms with Crippen molar-refractivity contribution in [1.82, 2.24) is 15.1 Å². The highest BCUT2D eigenvalue weighted by atomic mass is 32.1. The molecule has 1 saturated heterocycles. The maximum atomic E-state index is 13.2. The number of amides is 1. The second kappa shape index (κ2) is 8.50. The molecule has 0 radical (unpaired) electrons. The van der Waals surface area contributed by atoms with Crippen LogP contribution < -0.4 is 14.8 Å². The van der Waals surface area contributed by atoms with Gasteiger partial charge in [0.25, 0.3) is 5.91 Å². The number of nitrogens with one attached hydrogen (secondary N) is 1. The predicted molar refractivity (Wildman–Crippen MR) is 127 cm³/mol. The number of benzene rings is 1. The molecule has 1 aromatic carbocycles. The fourth-order valence-electron chi connectivity index (χ4n) is 4.32. The maximum absolute atomic E-state index is 13.2. The van der Waals surface area contributed by atoms with Crippen LogP contribution in [-0.4, -0.2) is 35.9 Å². The van der Waals surface area contributed by atoms with Crippen molar-refractivity contribution in [3.05, 3.63) is 45.8 Å². The van der Waals surface area contributed by atoms with Crippen LogP contribution in [0.1, 0.15) is 61.3 Å². The summed E-state index contributed by atoms with van der Waals surface area (Å²) in [4.78, 5) is 13.2. The van der Waals surface area contributed by atoms with Crippen LogP contribution in [0.3, 0.4) is 0 Å². The predicted octanol–water partition coefficient (Wildman–Crippen LogP) is 5.13. The number of thiophene rings is 1. The van der Waals surface area contributed by atoms with Crippen LogP contribution in [0, 0.1) is 5.41 Å². The lowest BCUT2D eigenvalue weighted by molar-refractivity contribution is 0.0931. The second-order valence-corrected chi connectivity index (χ2v) is 10.5. The zero-order valence-corrected chi connectivity index (χ0v) is 20.3. The van der Waals surface area contributed by atoms with E-state index in [-0.39, 0.29) is 24.0 Å². The molecule has 1 unspecified atom stereocenters. The molecule has 0 bridgehead atoms. The average Bonchev–Trinajstić information content (AvgIpc) is 3.56. The van der Waals surface area contributed by atoms with Gasteiger partial charge in [0.05, 0.1) is 24.6 Å². The first-order valence-electron chi connectivity index (χ1n) is 11.2. The molecular weight excluding hydrogens is 438 g/mol. The molecule has 0 saturated carbocycles. The Morgan fingerprint density at radius 1 is 1.36 bits per heavy atom. The molecule has 5 rings (SSSR count). The summed E-state index contributed by atoms with van der Waals surface area (Å²) in [6.07, 6.45) is 1.97. The van der Waals surface area contributed by atoms with E-state index in [1.54, 1.807) is 18.4 Å². The number of methoxy groups -OCH3 is 1. The van der Waals surface area contributed by atoms with E-state index < -0.39 is 0 Å². The van der Waals surface area contributed by atoms with Gasteiger partial charge in [-0.2, -0.15) is 16.4 Å². The number of carbonyl (C=O) groups excluding carboxylic acids is 1. The van der Waals surface area contributed by atoms with Crippen LogP contribution in [0.25, 0.3) is 16.9 Å². The Morgan fingerprint density at radius 3 is 2.88 bits per heavy atom. The van der Waals surface area contributed by atoms with Crippen molar-refractivity contribution in [3.63, 3.8) is 0 Å². The third kappa shape index (κ3) is 4.13. The Bertz CT molecular complexity index is 1170. The van der Waals surface area contributed by atoms with Gasteiger partial charge in [-0.25, -0.2) is 4.68 Å². The zero-order valence-electron chi connectivity index (χ0n) is 19.4. The first-order chi connectivity index (χ1) is 15.9. The topological polar surface area (TPSA) is 74.6 Å². The molecule has 1 atom stereocenters. The van der Waals surface area contributed by atoms with Gasteiger partial charge in [0.2, 0.25) is 0 Å². The van der Waals surface area contributed by atoms with Crippen molar-refractivity contribution < 1.29 is 19.0 Å². The fourth-order valence-corrected chi connectivity index (χ4v) is 4.94. The van der Waals surface area contributed by atoms with Crippen LogP contribution in [0.4, 0.5) is 0 Å². The van der Waals surface area contributed by atoms with Gasteiger partial charge in [-0.05, 0) is 35.8 Å². The van der Waals surface area contributed by atoms with E-state index in [0.717, 1.165) is 59.0 Å². The number of carbonyl (C=O) groups is 1.